The van der Waals surface area contributed by atoms with E-state index in [2.05, 4.69) is 26.3 Å². The summed E-state index contributed by atoms with van der Waals surface area (Å²) in [7, 11) is 0. The summed E-state index contributed by atoms with van der Waals surface area (Å²) in [4.78, 5) is 56.7. The molecule has 9 nitrogen and oxygen atoms in total. The van der Waals surface area contributed by atoms with E-state index in [1.165, 1.54) is 6.42 Å². The van der Waals surface area contributed by atoms with Gasteiger partial charge in [0, 0.05) is 35.8 Å². The van der Waals surface area contributed by atoms with Crippen LogP contribution in [0.25, 0.3) is 10.9 Å². The molecule has 42 heavy (non-hydrogen) atoms. The number of amides is 3. The molecule has 2 fully saturated rings. The lowest BCUT2D eigenvalue weighted by Gasteiger charge is -2.31. The van der Waals surface area contributed by atoms with E-state index in [-0.39, 0.29) is 29.9 Å². The summed E-state index contributed by atoms with van der Waals surface area (Å²) >= 11 is 0. The zero-order chi connectivity index (χ0) is 29.1. The Kier molecular flexibility index (Phi) is 8.08. The van der Waals surface area contributed by atoms with Gasteiger partial charge in [-0.05, 0) is 54.2 Å². The van der Waals surface area contributed by atoms with Crippen LogP contribution in [-0.2, 0) is 20.9 Å². The first-order valence-corrected chi connectivity index (χ1v) is 15.0. The maximum atomic E-state index is 13.8. The maximum Gasteiger partial charge on any atom is 0.251 e. The number of ketones is 1. The van der Waals surface area contributed by atoms with Crippen molar-refractivity contribution in [2.45, 2.75) is 63.6 Å². The number of benzene rings is 2. The normalized spacial score (nSPS) is 21.5. The van der Waals surface area contributed by atoms with Gasteiger partial charge >= 0.3 is 0 Å². The number of carbonyl (C=O) groups excluding carboxylic acids is 4. The number of rotatable bonds is 9. The fourth-order valence-electron chi connectivity index (χ4n) is 6.58. The van der Waals surface area contributed by atoms with Gasteiger partial charge in [-0.15, -0.1) is 0 Å². The Morgan fingerprint density at radius 3 is 2.60 bits per heavy atom. The zero-order valence-corrected chi connectivity index (χ0v) is 23.6. The molecular formula is C33H37N5O4. The molecule has 0 bridgehead atoms. The molecule has 9 heteroatoms. The van der Waals surface area contributed by atoms with Crippen molar-refractivity contribution in [2.24, 2.45) is 11.8 Å². The fraction of sp³-hybridized carbons (Fsp3) is 0.394. The van der Waals surface area contributed by atoms with Gasteiger partial charge in [-0.1, -0.05) is 62.4 Å². The largest absolute Gasteiger partial charge is 0.378 e. The SMILES string of the molecule is O=C(N[C@@H](CC1CCCCC1)C(=O)N[C@H]1C[C@H]2C(=O)NCC2=C(NCc2ccccc2)C1=O)c1ccc2[nH]ccc2c1. The monoisotopic (exact) mass is 567 g/mol. The summed E-state index contributed by atoms with van der Waals surface area (Å²) in [6.07, 6.45) is 7.96. The first-order chi connectivity index (χ1) is 20.5. The molecule has 0 spiro atoms. The fourth-order valence-corrected chi connectivity index (χ4v) is 6.58. The van der Waals surface area contributed by atoms with Crippen molar-refractivity contribution in [3.63, 3.8) is 0 Å². The number of fused-ring (bicyclic) bond motifs is 2. The molecule has 0 radical (unpaired) electrons. The molecule has 1 aliphatic heterocycles. The van der Waals surface area contributed by atoms with Gasteiger partial charge in [0.25, 0.3) is 5.91 Å². The quantitative estimate of drug-likeness (QED) is 0.270. The van der Waals surface area contributed by atoms with Gasteiger partial charge in [0.1, 0.15) is 6.04 Å². The molecule has 3 atom stereocenters. The summed E-state index contributed by atoms with van der Waals surface area (Å²) in [6.45, 7) is 0.748. The van der Waals surface area contributed by atoms with E-state index in [4.69, 9.17) is 0 Å². The highest BCUT2D eigenvalue weighted by Crippen LogP contribution is 2.32. The highest BCUT2D eigenvalue weighted by molar-refractivity contribution is 6.06. The van der Waals surface area contributed by atoms with Gasteiger partial charge in [-0.25, -0.2) is 0 Å². The van der Waals surface area contributed by atoms with Gasteiger partial charge in [-0.3, -0.25) is 19.2 Å². The van der Waals surface area contributed by atoms with Crippen LogP contribution in [0.4, 0.5) is 0 Å². The molecule has 1 aromatic heterocycles. The predicted molar refractivity (Wildman–Crippen MR) is 159 cm³/mol. The number of hydrogen-bond donors (Lipinski definition) is 5. The van der Waals surface area contributed by atoms with Crippen molar-refractivity contribution >= 4 is 34.4 Å². The molecule has 3 aliphatic rings. The Balaban J connectivity index is 1.20. The number of nitrogens with one attached hydrogen (secondary N) is 5. The minimum Gasteiger partial charge on any atom is -0.378 e. The van der Waals surface area contributed by atoms with Crippen molar-refractivity contribution < 1.29 is 19.2 Å². The van der Waals surface area contributed by atoms with Crippen molar-refractivity contribution in [3.05, 3.63) is 83.2 Å². The molecule has 1 saturated carbocycles. The maximum absolute atomic E-state index is 13.8. The van der Waals surface area contributed by atoms with Crippen LogP contribution in [-0.4, -0.2) is 47.1 Å². The molecule has 3 aromatic rings. The molecule has 2 aliphatic carbocycles. The topological polar surface area (TPSA) is 132 Å². The van der Waals surface area contributed by atoms with E-state index in [1.54, 1.807) is 12.1 Å². The average molecular weight is 568 g/mol. The van der Waals surface area contributed by atoms with E-state index in [1.807, 2.05) is 48.7 Å². The smallest absolute Gasteiger partial charge is 0.251 e. The Bertz CT molecular complexity index is 1520. The van der Waals surface area contributed by atoms with Gasteiger partial charge in [0.05, 0.1) is 17.7 Å². The molecule has 0 unspecified atom stereocenters. The van der Waals surface area contributed by atoms with Gasteiger partial charge in [0.15, 0.2) is 0 Å². The molecule has 5 N–H and O–H groups in total. The minimum absolute atomic E-state index is 0.136. The molecule has 3 amide bonds. The van der Waals surface area contributed by atoms with Crippen LogP contribution in [0.2, 0.25) is 0 Å². The van der Waals surface area contributed by atoms with Crippen LogP contribution in [0.15, 0.2) is 72.1 Å². The van der Waals surface area contributed by atoms with E-state index in [0.29, 0.717) is 36.7 Å². The third kappa shape index (κ3) is 5.95. The highest BCUT2D eigenvalue weighted by atomic mass is 16.2. The first kappa shape index (κ1) is 27.8. The molecule has 6 rings (SSSR count). The third-order valence-electron chi connectivity index (χ3n) is 8.91. The number of H-pyrrole nitrogens is 1. The van der Waals surface area contributed by atoms with Crippen molar-refractivity contribution in [3.8, 4) is 0 Å². The number of aromatic nitrogens is 1. The first-order valence-electron chi connectivity index (χ1n) is 15.0. The Labute approximate surface area is 244 Å². The second kappa shape index (κ2) is 12.2. The van der Waals surface area contributed by atoms with E-state index in [0.717, 1.165) is 47.7 Å². The second-order valence-electron chi connectivity index (χ2n) is 11.7. The van der Waals surface area contributed by atoms with Crippen LogP contribution >= 0.6 is 0 Å². The zero-order valence-electron chi connectivity index (χ0n) is 23.6. The van der Waals surface area contributed by atoms with Gasteiger partial charge in [0.2, 0.25) is 17.6 Å². The second-order valence-corrected chi connectivity index (χ2v) is 11.7. The van der Waals surface area contributed by atoms with Gasteiger partial charge < -0.3 is 26.3 Å². The van der Waals surface area contributed by atoms with E-state index in [9.17, 15) is 19.2 Å². The Morgan fingerprint density at radius 1 is 0.976 bits per heavy atom. The lowest BCUT2D eigenvalue weighted by atomic mass is 9.82. The average Bonchev–Trinajstić information content (AvgIpc) is 3.63. The van der Waals surface area contributed by atoms with Crippen LogP contribution in [0, 0.1) is 11.8 Å². The molecule has 218 valence electrons. The standard InChI is InChI=1S/C33H37N5O4/c39-30-27(17-24-25(19-36-32(24)41)29(30)35-18-21-9-5-2-6-10-21)37-33(42)28(15-20-7-3-1-4-8-20)38-31(40)23-11-12-26-22(16-23)13-14-34-26/h2,5-6,9-14,16,20,24,27-28,34-35H,1,3-4,7-8,15,17-19H2,(H,36,41)(H,37,42)(H,38,40)/t24-,27+,28+/m1/s1. The highest BCUT2D eigenvalue weighted by Gasteiger charge is 2.43. The Morgan fingerprint density at radius 2 is 1.79 bits per heavy atom. The lowest BCUT2D eigenvalue weighted by molar-refractivity contribution is -0.129. The molecule has 2 heterocycles. The summed E-state index contributed by atoms with van der Waals surface area (Å²) in [6, 6.07) is 15.4. The van der Waals surface area contributed by atoms with Crippen LogP contribution < -0.4 is 21.3 Å². The lowest BCUT2D eigenvalue weighted by Crippen LogP contribution is -2.54. The summed E-state index contributed by atoms with van der Waals surface area (Å²) in [5, 5.41) is 12.9. The number of aromatic amines is 1. The number of hydrogen-bond acceptors (Lipinski definition) is 5. The summed E-state index contributed by atoms with van der Waals surface area (Å²) < 4.78 is 0. The van der Waals surface area contributed by atoms with Gasteiger partial charge in [-0.2, -0.15) is 0 Å². The van der Waals surface area contributed by atoms with Crippen LogP contribution in [0.3, 0.4) is 0 Å². The van der Waals surface area contributed by atoms with Crippen molar-refractivity contribution in [1.82, 2.24) is 26.3 Å². The summed E-state index contributed by atoms with van der Waals surface area (Å²) in [5.41, 5.74) is 3.55. The van der Waals surface area contributed by atoms with E-state index < -0.39 is 18.0 Å². The molecule has 2 aromatic carbocycles. The summed E-state index contributed by atoms with van der Waals surface area (Å²) in [5.74, 6) is -1.25. The number of Topliss-reactive ketones (excluding diaryl/α,β-unsaturated/α-hetero) is 1. The van der Waals surface area contributed by atoms with Crippen LogP contribution in [0.5, 0.6) is 0 Å². The van der Waals surface area contributed by atoms with Crippen molar-refractivity contribution in [1.29, 1.82) is 0 Å². The van der Waals surface area contributed by atoms with Crippen molar-refractivity contribution in [2.75, 3.05) is 6.54 Å². The predicted octanol–water partition coefficient (Wildman–Crippen LogP) is 3.48. The third-order valence-corrected chi connectivity index (χ3v) is 8.91. The Hall–Kier alpha value is -4.40. The van der Waals surface area contributed by atoms with E-state index >= 15 is 0 Å². The molecule has 1 saturated heterocycles. The minimum atomic E-state index is -0.865. The number of carbonyl (C=O) groups is 4. The molecular weight excluding hydrogens is 530 g/mol. The van der Waals surface area contributed by atoms with Crippen LogP contribution in [0.1, 0.15) is 60.9 Å².